The van der Waals surface area contributed by atoms with Gasteiger partial charge in [0.25, 0.3) is 5.56 Å². The zero-order chi connectivity index (χ0) is 33.0. The van der Waals surface area contributed by atoms with Crippen LogP contribution < -0.4 is 16.2 Å². The highest BCUT2D eigenvalue weighted by Crippen LogP contribution is 2.41. The lowest BCUT2D eigenvalue weighted by molar-refractivity contribution is -0.137. The number of anilines is 1. The molecule has 0 bridgehead atoms. The molecule has 240 valence electrons. The molecule has 0 radical (unpaired) electrons. The van der Waals surface area contributed by atoms with Crippen molar-refractivity contribution in [3.63, 3.8) is 0 Å². The van der Waals surface area contributed by atoms with Gasteiger partial charge in [0, 0.05) is 12.5 Å². The Morgan fingerprint density at radius 1 is 1.11 bits per heavy atom. The molecule has 2 heterocycles. The van der Waals surface area contributed by atoms with Gasteiger partial charge in [-0.05, 0) is 66.1 Å². The lowest BCUT2D eigenvalue weighted by atomic mass is 9.77. The van der Waals surface area contributed by atoms with Crippen LogP contribution >= 0.6 is 11.6 Å². The molecule has 46 heavy (non-hydrogen) atoms. The maximum atomic E-state index is 13.8. The number of alkyl halides is 3. The van der Waals surface area contributed by atoms with Crippen molar-refractivity contribution in [3.05, 3.63) is 117 Å². The minimum atomic E-state index is -4.53. The Labute approximate surface area is 269 Å². The molecule has 1 aromatic heterocycles. The second kappa shape index (κ2) is 14.1. The van der Waals surface area contributed by atoms with Gasteiger partial charge in [-0.3, -0.25) is 14.2 Å². The van der Waals surface area contributed by atoms with Gasteiger partial charge in [-0.15, -0.1) is 6.58 Å². The van der Waals surface area contributed by atoms with E-state index < -0.39 is 42.3 Å². The number of nitrogens with zero attached hydrogens (tertiary/aromatic N) is 2. The summed E-state index contributed by atoms with van der Waals surface area (Å²) in [7, 11) is -1.86. The number of rotatable bonds is 12. The van der Waals surface area contributed by atoms with Crippen LogP contribution in [-0.2, 0) is 23.9 Å². The summed E-state index contributed by atoms with van der Waals surface area (Å²) in [5.41, 5.74) is 0.314. The van der Waals surface area contributed by atoms with Crippen LogP contribution in [0.15, 0.2) is 84.2 Å². The standard InChI is InChI=1S/C33H33BClF3N4O4/c1-2-7-27(34(45)46)40-31(43)26-18-24(12-5-8-20-14-15-22-10-3-4-11-23(22)16-20)28-29(35)41-30(32(44)42(26)28)39-19-21-9-6-13-25(17-21)33(36,37)38/h2-4,6,9-11,13-17,24,26-27,45-46H,1,5,7-8,12,18-19H2,(H,39,41)(H,40,43)/t24-,26+,27+/m1/s1. The zero-order valence-electron chi connectivity index (χ0n) is 24.8. The van der Waals surface area contributed by atoms with Crippen molar-refractivity contribution in [1.29, 1.82) is 0 Å². The first-order valence-electron chi connectivity index (χ1n) is 14.9. The molecule has 5 rings (SSSR count). The van der Waals surface area contributed by atoms with Crippen molar-refractivity contribution in [1.82, 2.24) is 14.9 Å². The summed E-state index contributed by atoms with van der Waals surface area (Å²) in [6.45, 7) is 3.44. The Kier molecular flexibility index (Phi) is 10.2. The molecule has 1 aliphatic heterocycles. The number of aromatic nitrogens is 2. The van der Waals surface area contributed by atoms with E-state index in [1.807, 2.05) is 18.2 Å². The third-order valence-electron chi connectivity index (χ3n) is 8.27. The predicted octanol–water partition coefficient (Wildman–Crippen LogP) is 5.81. The minimum Gasteiger partial charge on any atom is -0.426 e. The molecular weight excluding hydrogens is 620 g/mol. The Balaban J connectivity index is 1.40. The largest absolute Gasteiger partial charge is 0.475 e. The van der Waals surface area contributed by atoms with E-state index in [0.717, 1.165) is 41.3 Å². The van der Waals surface area contributed by atoms with Gasteiger partial charge in [-0.1, -0.05) is 72.3 Å². The maximum Gasteiger partial charge on any atom is 0.475 e. The van der Waals surface area contributed by atoms with Crippen LogP contribution in [0.2, 0.25) is 5.15 Å². The van der Waals surface area contributed by atoms with Gasteiger partial charge >= 0.3 is 13.3 Å². The number of halogens is 4. The Morgan fingerprint density at radius 3 is 2.59 bits per heavy atom. The molecule has 1 amide bonds. The molecule has 3 aromatic carbocycles. The van der Waals surface area contributed by atoms with E-state index in [4.69, 9.17) is 11.6 Å². The van der Waals surface area contributed by atoms with Crippen LogP contribution in [0.25, 0.3) is 10.8 Å². The molecule has 0 unspecified atom stereocenters. The Hall–Kier alpha value is -4.13. The summed E-state index contributed by atoms with van der Waals surface area (Å²) in [5.74, 6) is -2.18. The number of aryl methyl sites for hydroxylation is 1. The molecule has 8 nitrogen and oxygen atoms in total. The lowest BCUT2D eigenvalue weighted by Crippen LogP contribution is -2.49. The smallest absolute Gasteiger partial charge is 0.426 e. The molecule has 3 atom stereocenters. The fourth-order valence-electron chi connectivity index (χ4n) is 5.99. The molecule has 0 saturated heterocycles. The number of nitrogens with one attached hydrogen (secondary N) is 2. The normalized spacial score (nSPS) is 16.6. The van der Waals surface area contributed by atoms with E-state index >= 15 is 0 Å². The van der Waals surface area contributed by atoms with Crippen LogP contribution in [-0.4, -0.2) is 38.6 Å². The molecule has 1 aliphatic rings. The topological polar surface area (TPSA) is 116 Å². The highest BCUT2D eigenvalue weighted by atomic mass is 35.5. The van der Waals surface area contributed by atoms with E-state index in [-0.39, 0.29) is 41.8 Å². The number of hydrogen-bond donors (Lipinski definition) is 4. The van der Waals surface area contributed by atoms with Crippen LogP contribution in [0.4, 0.5) is 19.0 Å². The second-order valence-electron chi connectivity index (χ2n) is 11.4. The van der Waals surface area contributed by atoms with Gasteiger partial charge in [0.05, 0.1) is 17.2 Å². The van der Waals surface area contributed by atoms with Crippen LogP contribution in [0, 0.1) is 0 Å². The molecule has 4 aromatic rings. The van der Waals surface area contributed by atoms with Crippen molar-refractivity contribution < 1.29 is 28.0 Å². The van der Waals surface area contributed by atoms with E-state index in [0.29, 0.717) is 12.1 Å². The molecule has 0 spiro atoms. The number of benzene rings is 3. The van der Waals surface area contributed by atoms with Gasteiger partial charge in [-0.25, -0.2) is 4.98 Å². The molecular formula is C33H33BClF3N4O4. The summed E-state index contributed by atoms with van der Waals surface area (Å²) < 4.78 is 40.9. The minimum absolute atomic E-state index is 0.00184. The number of hydrogen-bond acceptors (Lipinski definition) is 6. The first kappa shape index (κ1) is 33.2. The van der Waals surface area contributed by atoms with Gasteiger partial charge in [0.2, 0.25) is 5.91 Å². The fourth-order valence-corrected chi connectivity index (χ4v) is 6.32. The number of fused-ring (bicyclic) bond motifs is 2. The predicted molar refractivity (Wildman–Crippen MR) is 172 cm³/mol. The Bertz CT molecular complexity index is 1800. The molecule has 0 saturated carbocycles. The van der Waals surface area contributed by atoms with Gasteiger partial charge in [-0.2, -0.15) is 13.2 Å². The second-order valence-corrected chi connectivity index (χ2v) is 11.8. The Morgan fingerprint density at radius 2 is 1.87 bits per heavy atom. The highest BCUT2D eigenvalue weighted by molar-refractivity contribution is 6.43. The van der Waals surface area contributed by atoms with Crippen molar-refractivity contribution in [2.45, 2.75) is 62.7 Å². The first-order chi connectivity index (χ1) is 22.0. The quantitative estimate of drug-likeness (QED) is 0.114. The molecule has 13 heteroatoms. The highest BCUT2D eigenvalue weighted by Gasteiger charge is 2.40. The van der Waals surface area contributed by atoms with E-state index in [2.05, 4.69) is 46.5 Å². The zero-order valence-corrected chi connectivity index (χ0v) is 25.6. The summed E-state index contributed by atoms with van der Waals surface area (Å²) in [5, 5.41) is 27.2. The van der Waals surface area contributed by atoms with E-state index in [1.165, 1.54) is 22.8 Å². The SMILES string of the molecule is C=CC[C@H](NC(=O)[C@@H]1C[C@@H](CCCc2ccc3ccccc3c2)c2c(Cl)nc(NCc3cccc(C(F)(F)F)c3)c(=O)n21)B(O)O. The monoisotopic (exact) mass is 652 g/mol. The average molecular weight is 653 g/mol. The lowest BCUT2D eigenvalue weighted by Gasteiger charge is -2.21. The molecule has 4 N–H and O–H groups in total. The van der Waals surface area contributed by atoms with Crippen molar-refractivity contribution in [2.75, 3.05) is 5.32 Å². The van der Waals surface area contributed by atoms with Crippen molar-refractivity contribution in [2.24, 2.45) is 0 Å². The van der Waals surface area contributed by atoms with Crippen LogP contribution in [0.1, 0.15) is 60.0 Å². The van der Waals surface area contributed by atoms with Gasteiger partial charge in [0.1, 0.15) is 6.04 Å². The van der Waals surface area contributed by atoms with E-state index in [9.17, 15) is 32.8 Å². The summed E-state index contributed by atoms with van der Waals surface area (Å²) in [6, 6.07) is 18.0. The number of carbonyl (C=O) groups is 1. The fraction of sp³-hybridized carbons (Fsp3) is 0.303. The third-order valence-corrected chi connectivity index (χ3v) is 8.54. The maximum absolute atomic E-state index is 13.8. The molecule has 0 aliphatic carbocycles. The third kappa shape index (κ3) is 7.46. The average Bonchev–Trinajstić information content (AvgIpc) is 3.42. The van der Waals surface area contributed by atoms with Crippen LogP contribution in [0.3, 0.4) is 0 Å². The first-order valence-corrected chi connectivity index (χ1v) is 15.3. The van der Waals surface area contributed by atoms with Gasteiger partial charge < -0.3 is 20.7 Å². The van der Waals surface area contributed by atoms with Crippen molar-refractivity contribution in [3.8, 4) is 0 Å². The van der Waals surface area contributed by atoms with Crippen LogP contribution in [0.5, 0.6) is 0 Å². The summed E-state index contributed by atoms with van der Waals surface area (Å²) in [6.07, 6.45) is -0.722. The number of amides is 1. The molecule has 0 fully saturated rings. The van der Waals surface area contributed by atoms with Gasteiger partial charge in [0.15, 0.2) is 11.0 Å². The van der Waals surface area contributed by atoms with Crippen molar-refractivity contribution >= 4 is 41.2 Å². The summed E-state index contributed by atoms with van der Waals surface area (Å²) in [4.78, 5) is 31.6. The summed E-state index contributed by atoms with van der Waals surface area (Å²) >= 11 is 6.66. The van der Waals surface area contributed by atoms with E-state index in [1.54, 1.807) is 0 Å². The number of carbonyl (C=O) groups excluding carboxylic acids is 1.